The van der Waals surface area contributed by atoms with Gasteiger partial charge < -0.3 is 5.32 Å². The predicted octanol–water partition coefficient (Wildman–Crippen LogP) is 3.00. The lowest BCUT2D eigenvalue weighted by atomic mass is 9.83. The fraction of sp³-hybridized carbons (Fsp3) is 0.381. The molecule has 2 aliphatic heterocycles. The average Bonchev–Trinajstić information content (AvgIpc) is 3.08. The van der Waals surface area contributed by atoms with Gasteiger partial charge in [0.2, 0.25) is 0 Å². The van der Waals surface area contributed by atoms with Gasteiger partial charge in [-0.2, -0.15) is 5.26 Å². The zero-order chi connectivity index (χ0) is 16.4. The average molecular weight is 317 g/mol. The Morgan fingerprint density at radius 3 is 2.17 bits per heavy atom. The van der Waals surface area contributed by atoms with Gasteiger partial charge in [-0.15, -0.1) is 0 Å². The molecule has 2 unspecified atom stereocenters. The van der Waals surface area contributed by atoms with E-state index in [1.807, 2.05) is 0 Å². The van der Waals surface area contributed by atoms with E-state index in [0.717, 1.165) is 26.1 Å². The molecule has 2 aliphatic rings. The highest BCUT2D eigenvalue weighted by molar-refractivity contribution is 5.35. The third-order valence-corrected chi connectivity index (χ3v) is 5.50. The molecular weight excluding hydrogens is 294 g/mol. The van der Waals surface area contributed by atoms with Crippen molar-refractivity contribution in [3.05, 3.63) is 71.8 Å². The van der Waals surface area contributed by atoms with Crippen molar-refractivity contribution in [3.63, 3.8) is 0 Å². The fourth-order valence-electron chi connectivity index (χ4n) is 4.42. The Labute approximate surface area is 143 Å². The third-order valence-electron chi connectivity index (χ3n) is 5.50. The topological polar surface area (TPSA) is 39.1 Å². The van der Waals surface area contributed by atoms with Gasteiger partial charge in [0.15, 0.2) is 0 Å². The maximum atomic E-state index is 9.37. The summed E-state index contributed by atoms with van der Waals surface area (Å²) in [4.78, 5) is 2.59. The molecule has 0 bridgehead atoms. The number of piperazine rings is 1. The molecule has 0 aliphatic carbocycles. The normalized spacial score (nSPS) is 26.9. The number of nitrogens with zero attached hydrogens (tertiary/aromatic N) is 2. The number of hydrogen-bond acceptors (Lipinski definition) is 3. The number of benzene rings is 2. The minimum absolute atomic E-state index is 0.171. The molecule has 2 heterocycles. The highest BCUT2D eigenvalue weighted by Crippen LogP contribution is 2.36. The summed E-state index contributed by atoms with van der Waals surface area (Å²) in [6, 6.07) is 25.0. The van der Waals surface area contributed by atoms with Crippen LogP contribution in [0.15, 0.2) is 60.7 Å². The molecule has 2 aromatic carbocycles. The van der Waals surface area contributed by atoms with Gasteiger partial charge in [-0.1, -0.05) is 60.7 Å². The van der Waals surface area contributed by atoms with Crippen LogP contribution < -0.4 is 5.32 Å². The van der Waals surface area contributed by atoms with Crippen molar-refractivity contribution >= 4 is 0 Å². The van der Waals surface area contributed by atoms with Gasteiger partial charge in [-0.05, 0) is 17.5 Å². The van der Waals surface area contributed by atoms with E-state index in [2.05, 4.69) is 76.9 Å². The standard InChI is InChI=1S/C21H23N3/c22-12-16-11-19-13-23-14-20(24(19)15-16)21(17-7-3-1-4-8-17)18-9-5-2-6-10-18/h1-10,16,19-21,23H,11,13-15H2/t16?,19-,20?/m0/s1. The van der Waals surface area contributed by atoms with Gasteiger partial charge in [-0.3, -0.25) is 4.90 Å². The van der Waals surface area contributed by atoms with Crippen LogP contribution in [0.5, 0.6) is 0 Å². The lowest BCUT2D eigenvalue weighted by molar-refractivity contribution is 0.124. The Balaban J connectivity index is 1.72. The Hall–Kier alpha value is -2.15. The highest BCUT2D eigenvalue weighted by atomic mass is 15.3. The molecule has 1 N–H and O–H groups in total. The number of fused-ring (bicyclic) bond motifs is 1. The van der Waals surface area contributed by atoms with E-state index >= 15 is 0 Å². The van der Waals surface area contributed by atoms with E-state index < -0.39 is 0 Å². The molecule has 2 fully saturated rings. The van der Waals surface area contributed by atoms with Crippen molar-refractivity contribution in [2.24, 2.45) is 5.92 Å². The molecule has 0 aromatic heterocycles. The Morgan fingerprint density at radius 2 is 1.58 bits per heavy atom. The first-order valence-corrected chi connectivity index (χ1v) is 8.83. The van der Waals surface area contributed by atoms with Crippen molar-refractivity contribution in [1.82, 2.24) is 10.2 Å². The summed E-state index contributed by atoms with van der Waals surface area (Å²) in [5.41, 5.74) is 2.72. The molecule has 0 radical (unpaired) electrons. The molecule has 2 aromatic rings. The Kier molecular flexibility index (Phi) is 4.34. The molecule has 2 saturated heterocycles. The van der Waals surface area contributed by atoms with Crippen LogP contribution in [0.25, 0.3) is 0 Å². The van der Waals surface area contributed by atoms with Crippen LogP contribution in [0.3, 0.4) is 0 Å². The molecular formula is C21H23N3. The Bertz CT molecular complexity index is 667. The number of rotatable bonds is 3. The van der Waals surface area contributed by atoms with E-state index in [0.29, 0.717) is 18.0 Å². The second kappa shape index (κ2) is 6.76. The maximum absolute atomic E-state index is 9.37. The summed E-state index contributed by atoms with van der Waals surface area (Å²) in [7, 11) is 0. The Morgan fingerprint density at radius 1 is 0.958 bits per heavy atom. The lowest BCUT2D eigenvalue weighted by Gasteiger charge is -2.42. The monoisotopic (exact) mass is 317 g/mol. The van der Waals surface area contributed by atoms with Crippen LogP contribution in [0, 0.1) is 17.2 Å². The molecule has 122 valence electrons. The molecule has 0 spiro atoms. The first-order valence-electron chi connectivity index (χ1n) is 8.83. The van der Waals surface area contributed by atoms with Crippen LogP contribution >= 0.6 is 0 Å². The summed E-state index contributed by atoms with van der Waals surface area (Å²) in [5, 5.41) is 13.0. The lowest BCUT2D eigenvalue weighted by Crippen LogP contribution is -2.56. The van der Waals surface area contributed by atoms with Gasteiger partial charge in [0, 0.05) is 37.6 Å². The minimum Gasteiger partial charge on any atom is -0.314 e. The zero-order valence-corrected chi connectivity index (χ0v) is 13.8. The van der Waals surface area contributed by atoms with E-state index in [1.165, 1.54) is 11.1 Å². The van der Waals surface area contributed by atoms with Crippen molar-refractivity contribution in [1.29, 1.82) is 5.26 Å². The summed E-state index contributed by atoms with van der Waals surface area (Å²) in [6.07, 6.45) is 0.996. The summed E-state index contributed by atoms with van der Waals surface area (Å²) >= 11 is 0. The van der Waals surface area contributed by atoms with E-state index in [9.17, 15) is 5.26 Å². The van der Waals surface area contributed by atoms with Gasteiger partial charge in [0.1, 0.15) is 0 Å². The molecule has 0 amide bonds. The van der Waals surface area contributed by atoms with E-state index in [4.69, 9.17) is 0 Å². The number of nitrogens with one attached hydrogen (secondary N) is 1. The molecule has 3 atom stereocenters. The van der Waals surface area contributed by atoms with Crippen LogP contribution in [0.1, 0.15) is 23.5 Å². The highest BCUT2D eigenvalue weighted by Gasteiger charge is 2.42. The van der Waals surface area contributed by atoms with Gasteiger partial charge >= 0.3 is 0 Å². The van der Waals surface area contributed by atoms with E-state index in [1.54, 1.807) is 0 Å². The predicted molar refractivity (Wildman–Crippen MR) is 95.6 cm³/mol. The first-order chi connectivity index (χ1) is 11.9. The summed E-state index contributed by atoms with van der Waals surface area (Å²) in [6.45, 7) is 2.89. The molecule has 3 heteroatoms. The van der Waals surface area contributed by atoms with Crippen LogP contribution in [-0.4, -0.2) is 36.6 Å². The van der Waals surface area contributed by atoms with E-state index in [-0.39, 0.29) is 5.92 Å². The third kappa shape index (κ3) is 2.84. The van der Waals surface area contributed by atoms with Crippen molar-refractivity contribution < 1.29 is 0 Å². The molecule has 0 saturated carbocycles. The first kappa shape index (κ1) is 15.4. The summed E-state index contributed by atoms with van der Waals surface area (Å²) in [5.74, 6) is 0.504. The smallest absolute Gasteiger partial charge is 0.0669 e. The second-order valence-corrected chi connectivity index (χ2v) is 6.94. The molecule has 3 nitrogen and oxygen atoms in total. The van der Waals surface area contributed by atoms with Gasteiger partial charge in [0.25, 0.3) is 0 Å². The van der Waals surface area contributed by atoms with Gasteiger partial charge in [-0.25, -0.2) is 0 Å². The molecule has 4 rings (SSSR count). The van der Waals surface area contributed by atoms with Crippen LogP contribution in [0.2, 0.25) is 0 Å². The maximum Gasteiger partial charge on any atom is 0.0669 e. The van der Waals surface area contributed by atoms with Crippen molar-refractivity contribution in [3.8, 4) is 6.07 Å². The van der Waals surface area contributed by atoms with Gasteiger partial charge in [0.05, 0.1) is 12.0 Å². The molecule has 24 heavy (non-hydrogen) atoms. The minimum atomic E-state index is 0.171. The second-order valence-electron chi connectivity index (χ2n) is 6.94. The number of nitriles is 1. The number of hydrogen-bond donors (Lipinski definition) is 1. The van der Waals surface area contributed by atoms with Crippen LogP contribution in [0.4, 0.5) is 0 Å². The SMILES string of the molecule is N#CC1C[C@H]2CNCC(C(c3ccccc3)c3ccccc3)N2C1. The fourth-order valence-corrected chi connectivity index (χ4v) is 4.42. The largest absolute Gasteiger partial charge is 0.314 e. The van der Waals surface area contributed by atoms with Crippen LogP contribution in [-0.2, 0) is 0 Å². The van der Waals surface area contributed by atoms with Crippen molar-refractivity contribution in [2.75, 3.05) is 19.6 Å². The zero-order valence-electron chi connectivity index (χ0n) is 13.8. The quantitative estimate of drug-likeness (QED) is 0.946. The van der Waals surface area contributed by atoms with Crippen molar-refractivity contribution in [2.45, 2.75) is 24.4 Å². The summed E-state index contributed by atoms with van der Waals surface area (Å²) < 4.78 is 0.